The SMILES string of the molecule is COc1ccc2nc(OC(C)C)c(C(C)C)nc2c1. The Kier molecular flexibility index (Phi) is 3.88. The minimum atomic E-state index is 0.0856. The molecule has 1 aromatic carbocycles. The second-order valence-corrected chi connectivity index (χ2v) is 5.09. The molecular weight excluding hydrogens is 240 g/mol. The number of benzene rings is 1. The number of ether oxygens (including phenoxy) is 2. The molecule has 0 aliphatic heterocycles. The fraction of sp³-hybridized carbons (Fsp3) is 0.467. The molecule has 0 saturated heterocycles. The molecule has 4 heteroatoms. The first kappa shape index (κ1) is 13.6. The average molecular weight is 260 g/mol. The molecule has 0 amide bonds. The summed E-state index contributed by atoms with van der Waals surface area (Å²) >= 11 is 0. The van der Waals surface area contributed by atoms with Crippen LogP contribution >= 0.6 is 0 Å². The van der Waals surface area contributed by atoms with Gasteiger partial charge in [-0.2, -0.15) is 0 Å². The van der Waals surface area contributed by atoms with E-state index in [9.17, 15) is 0 Å². The fourth-order valence-electron chi connectivity index (χ4n) is 1.84. The molecule has 0 spiro atoms. The molecule has 0 unspecified atom stereocenters. The van der Waals surface area contributed by atoms with Crippen LogP contribution in [-0.4, -0.2) is 23.2 Å². The molecule has 4 nitrogen and oxygen atoms in total. The number of nitrogens with zero attached hydrogens (tertiary/aromatic N) is 2. The summed E-state index contributed by atoms with van der Waals surface area (Å²) in [6.45, 7) is 8.15. The van der Waals surface area contributed by atoms with Gasteiger partial charge in [-0.1, -0.05) is 13.8 Å². The molecule has 0 fully saturated rings. The van der Waals surface area contributed by atoms with Crippen LogP contribution in [0.2, 0.25) is 0 Å². The van der Waals surface area contributed by atoms with E-state index in [0.29, 0.717) is 5.88 Å². The van der Waals surface area contributed by atoms with Gasteiger partial charge in [0.25, 0.3) is 0 Å². The number of hydrogen-bond donors (Lipinski definition) is 0. The van der Waals surface area contributed by atoms with Crippen molar-refractivity contribution in [3.05, 3.63) is 23.9 Å². The van der Waals surface area contributed by atoms with E-state index in [-0.39, 0.29) is 12.0 Å². The quantitative estimate of drug-likeness (QED) is 0.843. The second kappa shape index (κ2) is 5.43. The maximum absolute atomic E-state index is 5.77. The first-order valence-electron chi connectivity index (χ1n) is 6.53. The lowest BCUT2D eigenvalue weighted by Crippen LogP contribution is -2.11. The van der Waals surface area contributed by atoms with Gasteiger partial charge in [0.1, 0.15) is 11.4 Å². The van der Waals surface area contributed by atoms with E-state index < -0.39 is 0 Å². The van der Waals surface area contributed by atoms with Gasteiger partial charge in [-0.15, -0.1) is 0 Å². The largest absolute Gasteiger partial charge is 0.497 e. The van der Waals surface area contributed by atoms with Gasteiger partial charge in [-0.25, -0.2) is 9.97 Å². The van der Waals surface area contributed by atoms with Crippen LogP contribution in [0, 0.1) is 0 Å². The molecular formula is C15H20N2O2. The topological polar surface area (TPSA) is 44.2 Å². The van der Waals surface area contributed by atoms with Gasteiger partial charge in [-0.3, -0.25) is 0 Å². The minimum Gasteiger partial charge on any atom is -0.497 e. The summed E-state index contributed by atoms with van der Waals surface area (Å²) in [5.41, 5.74) is 2.54. The van der Waals surface area contributed by atoms with Crippen LogP contribution in [0.5, 0.6) is 11.6 Å². The molecule has 0 saturated carbocycles. The van der Waals surface area contributed by atoms with E-state index >= 15 is 0 Å². The van der Waals surface area contributed by atoms with Crippen molar-refractivity contribution in [1.82, 2.24) is 9.97 Å². The Morgan fingerprint density at radius 3 is 2.32 bits per heavy atom. The number of rotatable bonds is 4. The molecule has 0 atom stereocenters. The maximum atomic E-state index is 5.77. The van der Waals surface area contributed by atoms with Crippen LogP contribution in [0.4, 0.5) is 0 Å². The van der Waals surface area contributed by atoms with Gasteiger partial charge >= 0.3 is 0 Å². The van der Waals surface area contributed by atoms with Crippen molar-refractivity contribution in [3.63, 3.8) is 0 Å². The van der Waals surface area contributed by atoms with E-state index in [1.807, 2.05) is 32.0 Å². The van der Waals surface area contributed by atoms with Crippen molar-refractivity contribution in [2.24, 2.45) is 0 Å². The Balaban J connectivity index is 2.58. The van der Waals surface area contributed by atoms with Crippen LogP contribution < -0.4 is 9.47 Å². The number of fused-ring (bicyclic) bond motifs is 1. The Bertz CT molecular complexity index is 580. The highest BCUT2D eigenvalue weighted by atomic mass is 16.5. The molecule has 1 aromatic heterocycles. The Hall–Kier alpha value is -1.84. The number of methoxy groups -OCH3 is 1. The van der Waals surface area contributed by atoms with Crippen LogP contribution in [0.1, 0.15) is 39.3 Å². The van der Waals surface area contributed by atoms with Crippen molar-refractivity contribution in [2.75, 3.05) is 7.11 Å². The summed E-state index contributed by atoms with van der Waals surface area (Å²) < 4.78 is 11.0. The van der Waals surface area contributed by atoms with Gasteiger partial charge in [0.15, 0.2) is 0 Å². The van der Waals surface area contributed by atoms with E-state index in [4.69, 9.17) is 9.47 Å². The third-order valence-corrected chi connectivity index (χ3v) is 2.76. The Labute approximate surface area is 113 Å². The summed E-state index contributed by atoms with van der Waals surface area (Å²) in [4.78, 5) is 9.24. The van der Waals surface area contributed by atoms with E-state index in [0.717, 1.165) is 22.5 Å². The van der Waals surface area contributed by atoms with Crippen LogP contribution in [0.25, 0.3) is 11.0 Å². The predicted molar refractivity (Wildman–Crippen MR) is 75.9 cm³/mol. The zero-order valence-electron chi connectivity index (χ0n) is 12.1. The lowest BCUT2D eigenvalue weighted by Gasteiger charge is -2.15. The molecule has 2 rings (SSSR count). The molecule has 19 heavy (non-hydrogen) atoms. The standard InChI is InChI=1S/C15H20N2O2/c1-9(2)14-15(19-10(3)4)17-12-7-6-11(18-5)8-13(12)16-14/h6-10H,1-5H3. The Morgan fingerprint density at radius 2 is 1.74 bits per heavy atom. The highest BCUT2D eigenvalue weighted by Crippen LogP contribution is 2.27. The third kappa shape index (κ3) is 2.95. The van der Waals surface area contributed by atoms with Crippen LogP contribution in [0.3, 0.4) is 0 Å². The molecule has 0 aliphatic carbocycles. The second-order valence-electron chi connectivity index (χ2n) is 5.09. The van der Waals surface area contributed by atoms with Crippen LogP contribution in [-0.2, 0) is 0 Å². The Morgan fingerprint density at radius 1 is 1.00 bits per heavy atom. The van der Waals surface area contributed by atoms with Gasteiger partial charge in [0.05, 0.1) is 24.2 Å². The zero-order chi connectivity index (χ0) is 14.0. The van der Waals surface area contributed by atoms with Crippen molar-refractivity contribution in [3.8, 4) is 11.6 Å². The number of hydrogen-bond acceptors (Lipinski definition) is 4. The summed E-state index contributed by atoms with van der Waals surface area (Å²) in [7, 11) is 1.65. The smallest absolute Gasteiger partial charge is 0.236 e. The van der Waals surface area contributed by atoms with Gasteiger partial charge < -0.3 is 9.47 Å². The predicted octanol–water partition coefficient (Wildman–Crippen LogP) is 3.55. The normalized spacial score (nSPS) is 11.3. The number of aromatic nitrogens is 2. The average Bonchev–Trinajstić information content (AvgIpc) is 2.36. The monoisotopic (exact) mass is 260 g/mol. The summed E-state index contributed by atoms with van der Waals surface area (Å²) in [5, 5.41) is 0. The fourth-order valence-corrected chi connectivity index (χ4v) is 1.84. The van der Waals surface area contributed by atoms with Crippen molar-refractivity contribution < 1.29 is 9.47 Å². The van der Waals surface area contributed by atoms with E-state index in [2.05, 4.69) is 23.8 Å². The highest BCUT2D eigenvalue weighted by Gasteiger charge is 2.15. The maximum Gasteiger partial charge on any atom is 0.236 e. The lowest BCUT2D eigenvalue weighted by atomic mass is 10.1. The molecule has 1 heterocycles. The lowest BCUT2D eigenvalue weighted by molar-refractivity contribution is 0.228. The molecule has 0 N–H and O–H groups in total. The highest BCUT2D eigenvalue weighted by molar-refractivity contribution is 5.76. The summed E-state index contributed by atoms with van der Waals surface area (Å²) in [5.74, 6) is 1.67. The molecule has 102 valence electrons. The molecule has 0 bridgehead atoms. The van der Waals surface area contributed by atoms with Gasteiger partial charge in [0, 0.05) is 12.0 Å². The summed E-state index contributed by atoms with van der Waals surface area (Å²) in [6.07, 6.45) is 0.0856. The van der Waals surface area contributed by atoms with Gasteiger partial charge in [-0.05, 0) is 26.0 Å². The van der Waals surface area contributed by atoms with Crippen LogP contribution in [0.15, 0.2) is 18.2 Å². The van der Waals surface area contributed by atoms with Crippen molar-refractivity contribution in [2.45, 2.75) is 39.7 Å². The molecule has 0 radical (unpaired) electrons. The first-order chi connectivity index (χ1) is 9.01. The third-order valence-electron chi connectivity index (χ3n) is 2.76. The van der Waals surface area contributed by atoms with Crippen molar-refractivity contribution in [1.29, 1.82) is 0 Å². The molecule has 2 aromatic rings. The first-order valence-corrected chi connectivity index (χ1v) is 6.53. The minimum absolute atomic E-state index is 0.0856. The van der Waals surface area contributed by atoms with E-state index in [1.54, 1.807) is 7.11 Å². The molecule has 0 aliphatic rings. The zero-order valence-corrected chi connectivity index (χ0v) is 12.1. The van der Waals surface area contributed by atoms with Gasteiger partial charge in [0.2, 0.25) is 5.88 Å². The van der Waals surface area contributed by atoms with E-state index in [1.165, 1.54) is 0 Å². The summed E-state index contributed by atoms with van der Waals surface area (Å²) in [6, 6.07) is 5.68. The van der Waals surface area contributed by atoms with Crippen molar-refractivity contribution >= 4 is 11.0 Å².